The summed E-state index contributed by atoms with van der Waals surface area (Å²) in [6, 6.07) is 4.53. The molecule has 1 aromatic rings. The largest absolute Gasteiger partial charge is 0.452 e. The van der Waals surface area contributed by atoms with E-state index in [1.807, 2.05) is 4.90 Å². The van der Waals surface area contributed by atoms with Gasteiger partial charge in [-0.05, 0) is 43.7 Å². The minimum Gasteiger partial charge on any atom is -0.452 e. The molecule has 1 saturated heterocycles. The summed E-state index contributed by atoms with van der Waals surface area (Å²) in [5, 5.41) is 14.5. The summed E-state index contributed by atoms with van der Waals surface area (Å²) < 4.78 is 5.11. The molecule has 1 aliphatic carbocycles. The van der Waals surface area contributed by atoms with Crippen LogP contribution in [0.5, 0.6) is 0 Å². The van der Waals surface area contributed by atoms with Crippen molar-refractivity contribution in [1.29, 1.82) is 0 Å². The molecule has 1 atom stereocenters. The summed E-state index contributed by atoms with van der Waals surface area (Å²) in [6.07, 6.45) is 8.55. The number of hydrogen-bond donors (Lipinski definition) is 1. The molecule has 1 aromatic carbocycles. The zero-order valence-corrected chi connectivity index (χ0v) is 17.6. The Morgan fingerprint density at radius 1 is 1.17 bits per heavy atom. The molecule has 1 saturated carbocycles. The second-order valence-corrected chi connectivity index (χ2v) is 8.49. The summed E-state index contributed by atoms with van der Waals surface area (Å²) in [5.41, 5.74) is 0.494. The first kappa shape index (κ1) is 22.1. The van der Waals surface area contributed by atoms with Crippen LogP contribution in [0, 0.1) is 16.0 Å². The molecule has 3 rings (SSSR count). The molecule has 30 heavy (non-hydrogen) atoms. The third-order valence-electron chi connectivity index (χ3n) is 5.96. The fraction of sp³-hybridized carbons (Fsp3) is 0.636. The number of ether oxygens (including phenoxy) is 1. The second-order valence-electron chi connectivity index (χ2n) is 8.49. The number of rotatable bonds is 6. The average Bonchev–Trinajstić information content (AvgIpc) is 3.00. The predicted molar refractivity (Wildman–Crippen MR) is 114 cm³/mol. The molecule has 0 radical (unpaired) electrons. The van der Waals surface area contributed by atoms with Gasteiger partial charge in [-0.15, -0.1) is 0 Å². The van der Waals surface area contributed by atoms with E-state index in [0.29, 0.717) is 11.6 Å². The molecule has 1 N–H and O–H groups in total. The SMILES string of the molecule is C[C@@H]1CCCN(c2ccc(C(=O)OCC(=O)NC3CCCCCC3)cc2[N+](=O)[O-])C1. The Labute approximate surface area is 177 Å². The van der Waals surface area contributed by atoms with Crippen LogP contribution in [-0.4, -0.2) is 42.5 Å². The summed E-state index contributed by atoms with van der Waals surface area (Å²) in [4.78, 5) is 37.6. The smallest absolute Gasteiger partial charge is 0.338 e. The average molecular weight is 418 g/mol. The fourth-order valence-electron chi connectivity index (χ4n) is 4.38. The normalized spacial score (nSPS) is 20.3. The first-order valence-corrected chi connectivity index (χ1v) is 10.9. The number of anilines is 1. The van der Waals surface area contributed by atoms with Gasteiger partial charge in [0, 0.05) is 25.2 Å². The number of hydrogen-bond acceptors (Lipinski definition) is 6. The van der Waals surface area contributed by atoms with Crippen molar-refractivity contribution in [1.82, 2.24) is 5.32 Å². The number of nitro benzene ring substituents is 1. The van der Waals surface area contributed by atoms with Crippen molar-refractivity contribution in [2.75, 3.05) is 24.6 Å². The molecule has 2 aliphatic rings. The van der Waals surface area contributed by atoms with Crippen LogP contribution in [0.25, 0.3) is 0 Å². The van der Waals surface area contributed by atoms with E-state index in [9.17, 15) is 19.7 Å². The first-order valence-electron chi connectivity index (χ1n) is 10.9. The molecule has 1 aliphatic heterocycles. The second kappa shape index (κ2) is 10.4. The van der Waals surface area contributed by atoms with Crippen molar-refractivity contribution < 1.29 is 19.2 Å². The minimum atomic E-state index is -0.729. The molecule has 8 heteroatoms. The predicted octanol–water partition coefficient (Wildman–Crippen LogP) is 3.83. The molecule has 0 aromatic heterocycles. The van der Waals surface area contributed by atoms with E-state index in [-0.39, 0.29) is 29.8 Å². The van der Waals surface area contributed by atoms with Crippen LogP contribution in [0.2, 0.25) is 0 Å². The summed E-state index contributed by atoms with van der Waals surface area (Å²) >= 11 is 0. The van der Waals surface area contributed by atoms with Gasteiger partial charge in [0.15, 0.2) is 6.61 Å². The maximum Gasteiger partial charge on any atom is 0.338 e. The van der Waals surface area contributed by atoms with Crippen molar-refractivity contribution in [2.45, 2.75) is 64.3 Å². The van der Waals surface area contributed by atoms with Crippen LogP contribution in [0.15, 0.2) is 18.2 Å². The number of carbonyl (C=O) groups is 2. The first-order chi connectivity index (χ1) is 14.4. The number of piperidine rings is 1. The van der Waals surface area contributed by atoms with Crippen molar-refractivity contribution >= 4 is 23.3 Å². The number of nitrogens with one attached hydrogen (secondary N) is 1. The quantitative estimate of drug-likeness (QED) is 0.327. The molecule has 1 amide bonds. The van der Waals surface area contributed by atoms with E-state index in [0.717, 1.165) is 51.6 Å². The highest BCUT2D eigenvalue weighted by Gasteiger charge is 2.26. The van der Waals surface area contributed by atoms with Gasteiger partial charge in [0.25, 0.3) is 11.6 Å². The molecule has 1 heterocycles. The zero-order valence-electron chi connectivity index (χ0n) is 17.6. The van der Waals surface area contributed by atoms with E-state index in [4.69, 9.17) is 4.74 Å². The summed E-state index contributed by atoms with van der Waals surface area (Å²) in [5.74, 6) is -0.591. The lowest BCUT2D eigenvalue weighted by atomic mass is 9.99. The topological polar surface area (TPSA) is 102 Å². The number of carbonyl (C=O) groups excluding carboxylic acids is 2. The molecule has 0 bridgehead atoms. The maximum absolute atomic E-state index is 12.4. The van der Waals surface area contributed by atoms with Crippen molar-refractivity contribution in [3.05, 3.63) is 33.9 Å². The highest BCUT2D eigenvalue weighted by atomic mass is 16.6. The Hall–Kier alpha value is -2.64. The van der Waals surface area contributed by atoms with E-state index in [2.05, 4.69) is 12.2 Å². The van der Waals surface area contributed by atoms with Crippen LogP contribution in [0.3, 0.4) is 0 Å². The standard InChI is InChI=1S/C22H31N3O5/c1-16-7-6-12-24(14-16)19-11-10-17(13-20(19)25(28)29)22(27)30-15-21(26)23-18-8-4-2-3-5-9-18/h10-11,13,16,18H,2-9,12,14-15H2,1H3,(H,23,26)/t16-/m1/s1. The highest BCUT2D eigenvalue weighted by molar-refractivity contribution is 5.93. The van der Waals surface area contributed by atoms with Gasteiger partial charge in [-0.3, -0.25) is 14.9 Å². The molecule has 0 spiro atoms. The molecule has 2 fully saturated rings. The Morgan fingerprint density at radius 2 is 1.90 bits per heavy atom. The van der Waals surface area contributed by atoms with E-state index < -0.39 is 10.9 Å². The van der Waals surface area contributed by atoms with Crippen LogP contribution < -0.4 is 10.2 Å². The minimum absolute atomic E-state index is 0.0813. The summed E-state index contributed by atoms with van der Waals surface area (Å²) in [7, 11) is 0. The third kappa shape index (κ3) is 5.93. The number of nitro groups is 1. The number of esters is 1. The lowest BCUT2D eigenvalue weighted by Crippen LogP contribution is -2.37. The van der Waals surface area contributed by atoms with Gasteiger partial charge >= 0.3 is 5.97 Å². The fourth-order valence-corrected chi connectivity index (χ4v) is 4.38. The Morgan fingerprint density at radius 3 is 2.57 bits per heavy atom. The zero-order chi connectivity index (χ0) is 21.5. The van der Waals surface area contributed by atoms with Gasteiger partial charge < -0.3 is 15.0 Å². The third-order valence-corrected chi connectivity index (χ3v) is 5.96. The van der Waals surface area contributed by atoms with Gasteiger partial charge in [-0.2, -0.15) is 0 Å². The van der Waals surface area contributed by atoms with Crippen molar-refractivity contribution in [3.63, 3.8) is 0 Å². The molecule has 0 unspecified atom stereocenters. The van der Waals surface area contributed by atoms with Crippen LogP contribution in [0.4, 0.5) is 11.4 Å². The van der Waals surface area contributed by atoms with Crippen LogP contribution in [0.1, 0.15) is 68.6 Å². The lowest BCUT2D eigenvalue weighted by Gasteiger charge is -2.32. The molecule has 164 valence electrons. The van der Waals surface area contributed by atoms with Gasteiger partial charge in [0.1, 0.15) is 5.69 Å². The van der Waals surface area contributed by atoms with Gasteiger partial charge in [-0.1, -0.05) is 32.6 Å². The number of amides is 1. The Kier molecular flexibility index (Phi) is 7.65. The van der Waals surface area contributed by atoms with Gasteiger partial charge in [0.05, 0.1) is 10.5 Å². The van der Waals surface area contributed by atoms with Gasteiger partial charge in [-0.25, -0.2) is 4.79 Å². The highest BCUT2D eigenvalue weighted by Crippen LogP contribution is 2.32. The van der Waals surface area contributed by atoms with Gasteiger partial charge in [0.2, 0.25) is 0 Å². The number of nitrogens with zero attached hydrogens (tertiary/aromatic N) is 2. The van der Waals surface area contributed by atoms with Crippen molar-refractivity contribution in [2.24, 2.45) is 5.92 Å². The van der Waals surface area contributed by atoms with E-state index in [1.54, 1.807) is 6.07 Å². The van der Waals surface area contributed by atoms with Crippen LogP contribution in [-0.2, 0) is 9.53 Å². The molecular weight excluding hydrogens is 386 g/mol. The summed E-state index contributed by atoms with van der Waals surface area (Å²) in [6.45, 7) is 3.26. The lowest BCUT2D eigenvalue weighted by molar-refractivity contribution is -0.384. The Balaban J connectivity index is 1.60. The molecule has 8 nitrogen and oxygen atoms in total. The molecular formula is C22H31N3O5. The van der Waals surface area contributed by atoms with E-state index >= 15 is 0 Å². The monoisotopic (exact) mass is 417 g/mol. The van der Waals surface area contributed by atoms with Crippen molar-refractivity contribution in [3.8, 4) is 0 Å². The van der Waals surface area contributed by atoms with E-state index in [1.165, 1.54) is 25.0 Å². The maximum atomic E-state index is 12.4. The number of benzene rings is 1. The Bertz CT molecular complexity index is 774. The van der Waals surface area contributed by atoms with Crippen LogP contribution >= 0.6 is 0 Å².